The van der Waals surface area contributed by atoms with E-state index in [-0.39, 0.29) is 29.6 Å². The zero-order valence-electron chi connectivity index (χ0n) is 16.9. The Labute approximate surface area is 161 Å². The average molecular weight is 403 g/mol. The van der Waals surface area contributed by atoms with Crippen LogP contribution in [0.15, 0.2) is 18.2 Å². The van der Waals surface area contributed by atoms with E-state index in [2.05, 4.69) is 5.32 Å². The first-order valence-electron chi connectivity index (χ1n) is 8.66. The Morgan fingerprint density at radius 3 is 2.37 bits per heavy atom. The second-order valence-electron chi connectivity index (χ2n) is 7.01. The molecule has 0 aliphatic heterocycles. The Balaban J connectivity index is 3.08. The Morgan fingerprint density at radius 1 is 1.19 bits per heavy atom. The number of ether oxygens (including phenoxy) is 2. The molecule has 0 aliphatic carbocycles. The fourth-order valence-electron chi connectivity index (χ4n) is 2.15. The lowest BCUT2D eigenvalue weighted by Gasteiger charge is -2.28. The van der Waals surface area contributed by atoms with Gasteiger partial charge in [-0.05, 0) is 45.4 Å². The maximum Gasteiger partial charge on any atom is 0.318 e. The standard InChI is InChI=1S/C18H30N2O6S/c1-7-27(22,23)26-16-12-14(8-9-15(16)25-6)13-20(10-11-24-5)17(21)19-18(2,3)4/h8-9,12H,7,10-11,13H2,1-6H3,(H,19,21). The molecular weight excluding hydrogens is 372 g/mol. The van der Waals surface area contributed by atoms with Crippen LogP contribution in [0.3, 0.4) is 0 Å². The van der Waals surface area contributed by atoms with Gasteiger partial charge in [0, 0.05) is 25.7 Å². The summed E-state index contributed by atoms with van der Waals surface area (Å²) in [5.74, 6) is 0.243. The molecule has 0 unspecified atom stereocenters. The summed E-state index contributed by atoms with van der Waals surface area (Å²) in [6.45, 7) is 8.21. The van der Waals surface area contributed by atoms with Gasteiger partial charge in [-0.2, -0.15) is 8.42 Å². The van der Waals surface area contributed by atoms with Crippen molar-refractivity contribution < 1.29 is 26.9 Å². The quantitative estimate of drug-likeness (QED) is 0.638. The van der Waals surface area contributed by atoms with Crippen LogP contribution in [0, 0.1) is 0 Å². The van der Waals surface area contributed by atoms with Gasteiger partial charge in [0.1, 0.15) is 0 Å². The van der Waals surface area contributed by atoms with Gasteiger partial charge in [0.15, 0.2) is 11.5 Å². The Bertz CT molecular complexity index is 728. The van der Waals surface area contributed by atoms with Crippen LogP contribution in [0.2, 0.25) is 0 Å². The average Bonchev–Trinajstić information content (AvgIpc) is 2.57. The summed E-state index contributed by atoms with van der Waals surface area (Å²) in [6, 6.07) is 4.70. The van der Waals surface area contributed by atoms with Crippen molar-refractivity contribution in [2.24, 2.45) is 0 Å². The van der Waals surface area contributed by atoms with Gasteiger partial charge in [-0.1, -0.05) is 6.07 Å². The lowest BCUT2D eigenvalue weighted by atomic mass is 10.1. The molecule has 1 aromatic carbocycles. The molecule has 0 aromatic heterocycles. The maximum atomic E-state index is 12.6. The summed E-state index contributed by atoms with van der Waals surface area (Å²) < 4.78 is 39.0. The van der Waals surface area contributed by atoms with Crippen molar-refractivity contribution >= 4 is 16.1 Å². The number of rotatable bonds is 9. The Kier molecular flexibility index (Phi) is 8.36. The highest BCUT2D eigenvalue weighted by atomic mass is 32.2. The SMILES string of the molecule is CCS(=O)(=O)Oc1cc(CN(CCOC)C(=O)NC(C)(C)C)ccc1OC. The van der Waals surface area contributed by atoms with Crippen LogP contribution in [0.5, 0.6) is 11.5 Å². The molecule has 154 valence electrons. The molecule has 1 aromatic rings. The fourth-order valence-corrected chi connectivity index (χ4v) is 2.68. The number of hydrogen-bond acceptors (Lipinski definition) is 6. The van der Waals surface area contributed by atoms with Gasteiger partial charge in [0.25, 0.3) is 0 Å². The highest BCUT2D eigenvalue weighted by molar-refractivity contribution is 7.87. The van der Waals surface area contributed by atoms with Gasteiger partial charge in [0.2, 0.25) is 0 Å². The van der Waals surface area contributed by atoms with Crippen LogP contribution in [-0.4, -0.2) is 58.0 Å². The monoisotopic (exact) mass is 402 g/mol. The molecule has 1 rings (SSSR count). The van der Waals surface area contributed by atoms with E-state index < -0.39 is 10.1 Å². The van der Waals surface area contributed by atoms with Gasteiger partial charge < -0.3 is 23.9 Å². The molecule has 27 heavy (non-hydrogen) atoms. The number of amides is 2. The van der Waals surface area contributed by atoms with Crippen LogP contribution in [0.4, 0.5) is 4.79 Å². The topological polar surface area (TPSA) is 94.2 Å². The number of nitrogens with one attached hydrogen (secondary N) is 1. The number of nitrogens with zero attached hydrogens (tertiary/aromatic N) is 1. The zero-order chi connectivity index (χ0) is 20.7. The van der Waals surface area contributed by atoms with E-state index in [1.54, 1.807) is 30.2 Å². The van der Waals surface area contributed by atoms with E-state index in [4.69, 9.17) is 13.7 Å². The third kappa shape index (κ3) is 8.04. The predicted octanol–water partition coefficient (Wildman–Crippen LogP) is 2.38. The summed E-state index contributed by atoms with van der Waals surface area (Å²) >= 11 is 0. The molecule has 0 atom stereocenters. The molecule has 0 saturated heterocycles. The first-order chi connectivity index (χ1) is 12.5. The summed E-state index contributed by atoms with van der Waals surface area (Å²) in [5, 5.41) is 2.91. The highest BCUT2D eigenvalue weighted by Crippen LogP contribution is 2.30. The van der Waals surface area contributed by atoms with Crippen LogP contribution >= 0.6 is 0 Å². The van der Waals surface area contributed by atoms with E-state index in [1.165, 1.54) is 14.0 Å². The van der Waals surface area contributed by atoms with Gasteiger partial charge in [0.05, 0.1) is 19.5 Å². The van der Waals surface area contributed by atoms with Crippen LogP contribution in [-0.2, 0) is 21.4 Å². The minimum absolute atomic E-state index is 0.0970. The van der Waals surface area contributed by atoms with Crippen molar-refractivity contribution in [2.45, 2.75) is 39.8 Å². The van der Waals surface area contributed by atoms with Crippen molar-refractivity contribution in [3.8, 4) is 11.5 Å². The molecule has 0 spiro atoms. The molecule has 0 aliphatic rings. The van der Waals surface area contributed by atoms with E-state index >= 15 is 0 Å². The van der Waals surface area contributed by atoms with Crippen molar-refractivity contribution in [1.82, 2.24) is 10.2 Å². The molecule has 0 bridgehead atoms. The number of carbonyl (C=O) groups is 1. The molecule has 9 heteroatoms. The number of hydrogen-bond donors (Lipinski definition) is 1. The Hall–Kier alpha value is -2.00. The van der Waals surface area contributed by atoms with Crippen molar-refractivity contribution in [2.75, 3.05) is 33.1 Å². The minimum Gasteiger partial charge on any atom is -0.493 e. The van der Waals surface area contributed by atoms with Crippen LogP contribution in [0.1, 0.15) is 33.3 Å². The highest BCUT2D eigenvalue weighted by Gasteiger charge is 2.21. The van der Waals surface area contributed by atoms with Crippen LogP contribution < -0.4 is 14.2 Å². The van der Waals surface area contributed by atoms with Gasteiger partial charge in [-0.25, -0.2) is 4.79 Å². The molecular formula is C18H30N2O6S. The number of urea groups is 1. The van der Waals surface area contributed by atoms with Crippen molar-refractivity contribution in [3.63, 3.8) is 0 Å². The predicted molar refractivity (Wildman–Crippen MR) is 104 cm³/mol. The minimum atomic E-state index is -3.70. The molecule has 2 amide bonds. The number of methoxy groups -OCH3 is 2. The van der Waals surface area contributed by atoms with Gasteiger partial charge >= 0.3 is 16.1 Å². The maximum absolute atomic E-state index is 12.6. The lowest BCUT2D eigenvalue weighted by molar-refractivity contribution is 0.142. The van der Waals surface area contributed by atoms with E-state index in [0.29, 0.717) is 24.5 Å². The number of carbonyl (C=O) groups excluding carboxylic acids is 1. The largest absolute Gasteiger partial charge is 0.493 e. The van der Waals surface area contributed by atoms with Crippen molar-refractivity contribution in [3.05, 3.63) is 23.8 Å². The molecule has 0 radical (unpaired) electrons. The normalized spacial score (nSPS) is 11.8. The first-order valence-corrected chi connectivity index (χ1v) is 10.2. The lowest BCUT2D eigenvalue weighted by Crippen LogP contribution is -2.49. The Morgan fingerprint density at radius 2 is 1.85 bits per heavy atom. The second-order valence-corrected chi connectivity index (χ2v) is 8.87. The summed E-state index contributed by atoms with van der Waals surface area (Å²) in [5.41, 5.74) is 0.323. The third-order valence-electron chi connectivity index (χ3n) is 3.51. The summed E-state index contributed by atoms with van der Waals surface area (Å²) in [6.07, 6.45) is 0. The smallest absolute Gasteiger partial charge is 0.318 e. The fraction of sp³-hybridized carbons (Fsp3) is 0.611. The van der Waals surface area contributed by atoms with E-state index in [9.17, 15) is 13.2 Å². The third-order valence-corrected chi connectivity index (χ3v) is 4.65. The van der Waals surface area contributed by atoms with Crippen molar-refractivity contribution in [1.29, 1.82) is 0 Å². The molecule has 8 nitrogen and oxygen atoms in total. The molecule has 0 saturated carbocycles. The zero-order valence-corrected chi connectivity index (χ0v) is 17.7. The van der Waals surface area contributed by atoms with E-state index in [1.807, 2.05) is 20.8 Å². The molecule has 1 N–H and O–H groups in total. The second kappa shape index (κ2) is 9.80. The first kappa shape index (κ1) is 23.0. The van der Waals surface area contributed by atoms with E-state index in [0.717, 1.165) is 0 Å². The summed E-state index contributed by atoms with van der Waals surface area (Å²) in [7, 11) is -0.701. The van der Waals surface area contributed by atoms with Gasteiger partial charge in [-0.15, -0.1) is 0 Å². The van der Waals surface area contributed by atoms with Crippen LogP contribution in [0.25, 0.3) is 0 Å². The number of benzene rings is 1. The summed E-state index contributed by atoms with van der Waals surface area (Å²) in [4.78, 5) is 14.2. The van der Waals surface area contributed by atoms with Gasteiger partial charge in [-0.3, -0.25) is 0 Å². The molecule has 0 heterocycles. The molecule has 0 fully saturated rings.